The molecule has 0 amide bonds. The first kappa shape index (κ1) is 13.8. The third kappa shape index (κ3) is 2.54. The van der Waals surface area contributed by atoms with Crippen molar-refractivity contribution in [1.29, 1.82) is 0 Å². The monoisotopic (exact) mass is 296 g/mol. The van der Waals surface area contributed by atoms with E-state index in [4.69, 9.17) is 10.9 Å². The number of nitrogens with one attached hydrogen (secondary N) is 1. The second-order valence-corrected chi connectivity index (χ2v) is 5.49. The fourth-order valence-corrected chi connectivity index (χ4v) is 2.56. The lowest BCUT2D eigenvalue weighted by atomic mass is 10.3. The van der Waals surface area contributed by atoms with Crippen molar-refractivity contribution in [3.63, 3.8) is 0 Å². The van der Waals surface area contributed by atoms with Crippen LogP contribution in [-0.2, 0) is 17.1 Å². The van der Waals surface area contributed by atoms with Crippen molar-refractivity contribution in [3.05, 3.63) is 36.3 Å². The van der Waals surface area contributed by atoms with Crippen LogP contribution in [0.25, 0.3) is 0 Å². The molecule has 106 valence electrons. The van der Waals surface area contributed by atoms with E-state index in [1.807, 2.05) is 0 Å². The maximum Gasteiger partial charge on any atom is 0.264 e. The summed E-state index contributed by atoms with van der Waals surface area (Å²) in [6.07, 6.45) is 3.96. The number of rotatable bonds is 4. The topological polar surface area (TPSA) is 135 Å². The first-order chi connectivity index (χ1) is 9.45. The van der Waals surface area contributed by atoms with E-state index >= 15 is 0 Å². The summed E-state index contributed by atoms with van der Waals surface area (Å²) in [6.45, 7) is 0. The summed E-state index contributed by atoms with van der Waals surface area (Å²) in [7, 11) is -2.31. The van der Waals surface area contributed by atoms with Gasteiger partial charge in [0.15, 0.2) is 5.84 Å². The van der Waals surface area contributed by atoms with E-state index in [2.05, 4.69) is 20.0 Å². The summed E-state index contributed by atoms with van der Waals surface area (Å²) in [5, 5.41) is 15.4. The molecule has 0 aliphatic heterocycles. The van der Waals surface area contributed by atoms with Crippen molar-refractivity contribution in [3.8, 4) is 0 Å². The van der Waals surface area contributed by atoms with Gasteiger partial charge in [0.2, 0.25) is 0 Å². The Morgan fingerprint density at radius 3 is 2.85 bits per heavy atom. The number of hydrogen-bond donors (Lipinski definition) is 3. The molecule has 0 radical (unpaired) electrons. The number of sulfonamides is 1. The zero-order valence-corrected chi connectivity index (χ0v) is 11.2. The lowest BCUT2D eigenvalue weighted by Gasteiger charge is -2.09. The summed E-state index contributed by atoms with van der Waals surface area (Å²) >= 11 is 0. The molecule has 0 spiro atoms. The summed E-state index contributed by atoms with van der Waals surface area (Å²) in [4.78, 5) is 3.74. The van der Waals surface area contributed by atoms with Gasteiger partial charge in [-0.25, -0.2) is 8.42 Å². The Morgan fingerprint density at radius 1 is 1.50 bits per heavy atom. The molecule has 4 N–H and O–H groups in total. The molecule has 0 aromatic carbocycles. The van der Waals surface area contributed by atoms with Crippen molar-refractivity contribution in [2.24, 2.45) is 17.9 Å². The predicted octanol–water partition coefficient (Wildman–Crippen LogP) is -0.290. The van der Waals surface area contributed by atoms with Crippen LogP contribution in [0, 0.1) is 0 Å². The zero-order valence-electron chi connectivity index (χ0n) is 10.4. The van der Waals surface area contributed by atoms with Crippen LogP contribution in [0.3, 0.4) is 0 Å². The Balaban J connectivity index is 2.43. The van der Waals surface area contributed by atoms with Gasteiger partial charge in [-0.2, -0.15) is 5.10 Å². The highest BCUT2D eigenvalue weighted by molar-refractivity contribution is 7.92. The molecule has 0 saturated carbocycles. The van der Waals surface area contributed by atoms with Gasteiger partial charge in [-0.3, -0.25) is 14.4 Å². The normalized spacial score (nSPS) is 12.3. The summed E-state index contributed by atoms with van der Waals surface area (Å²) in [5.74, 6) is -0.161. The molecule has 2 aromatic rings. The predicted molar refractivity (Wildman–Crippen MR) is 70.8 cm³/mol. The maximum absolute atomic E-state index is 12.2. The molecule has 20 heavy (non-hydrogen) atoms. The van der Waals surface area contributed by atoms with Gasteiger partial charge in [-0.1, -0.05) is 5.16 Å². The number of pyridine rings is 1. The Bertz CT molecular complexity index is 738. The molecule has 0 bridgehead atoms. The summed E-state index contributed by atoms with van der Waals surface area (Å²) < 4.78 is 28.0. The molecular formula is C10H12N6O3S. The van der Waals surface area contributed by atoms with E-state index in [1.54, 1.807) is 0 Å². The molecule has 9 nitrogen and oxygen atoms in total. The van der Waals surface area contributed by atoms with Crippen molar-refractivity contribution < 1.29 is 13.6 Å². The van der Waals surface area contributed by atoms with E-state index < -0.39 is 10.0 Å². The van der Waals surface area contributed by atoms with Crippen LogP contribution in [0.4, 0.5) is 5.82 Å². The molecule has 2 rings (SSSR count). The summed E-state index contributed by atoms with van der Waals surface area (Å²) in [6, 6.07) is 2.90. The van der Waals surface area contributed by atoms with Crippen molar-refractivity contribution >= 4 is 21.7 Å². The number of aromatic nitrogens is 3. The molecule has 2 aromatic heterocycles. The fourth-order valence-electron chi connectivity index (χ4n) is 1.49. The van der Waals surface area contributed by atoms with E-state index in [9.17, 15) is 8.42 Å². The van der Waals surface area contributed by atoms with E-state index in [0.717, 1.165) is 0 Å². The third-order valence-electron chi connectivity index (χ3n) is 2.50. The number of hydrogen-bond acceptors (Lipinski definition) is 6. The highest BCUT2D eigenvalue weighted by Gasteiger charge is 2.20. The molecule has 0 aliphatic carbocycles. The van der Waals surface area contributed by atoms with Gasteiger partial charge in [0, 0.05) is 19.4 Å². The molecule has 10 heteroatoms. The molecule has 0 saturated heterocycles. The minimum atomic E-state index is -3.84. The fraction of sp³-hybridized carbons (Fsp3) is 0.100. The highest BCUT2D eigenvalue weighted by atomic mass is 32.2. The minimum Gasteiger partial charge on any atom is -0.409 e. The van der Waals surface area contributed by atoms with Gasteiger partial charge >= 0.3 is 0 Å². The Hall–Kier alpha value is -2.62. The number of amidine groups is 1. The van der Waals surface area contributed by atoms with E-state index in [0.29, 0.717) is 0 Å². The first-order valence-corrected chi connectivity index (χ1v) is 6.87. The first-order valence-electron chi connectivity index (χ1n) is 5.38. The average molecular weight is 296 g/mol. The van der Waals surface area contributed by atoms with Gasteiger partial charge in [-0.15, -0.1) is 0 Å². The maximum atomic E-state index is 12.2. The van der Waals surface area contributed by atoms with Crippen LogP contribution >= 0.6 is 0 Å². The number of aryl methyl sites for hydroxylation is 1. The SMILES string of the molecule is Cn1ncc(C(N)=NO)c1NS(=O)(=O)c1cccnc1. The van der Waals surface area contributed by atoms with Crippen molar-refractivity contribution in [2.75, 3.05) is 4.72 Å². The Morgan fingerprint density at radius 2 is 2.25 bits per heavy atom. The van der Waals surface area contributed by atoms with Crippen LogP contribution < -0.4 is 10.5 Å². The number of nitrogens with zero attached hydrogens (tertiary/aromatic N) is 4. The molecular weight excluding hydrogens is 284 g/mol. The number of oxime groups is 1. The second kappa shape index (κ2) is 5.17. The lowest BCUT2D eigenvalue weighted by Crippen LogP contribution is -2.20. The second-order valence-electron chi connectivity index (χ2n) is 3.81. The third-order valence-corrected chi connectivity index (χ3v) is 3.82. The van der Waals surface area contributed by atoms with Crippen LogP contribution in [0.15, 0.2) is 40.8 Å². The minimum absolute atomic E-state index is 0.00772. The molecule has 0 fully saturated rings. The van der Waals surface area contributed by atoms with Gasteiger partial charge in [-0.05, 0) is 12.1 Å². The van der Waals surface area contributed by atoms with Gasteiger partial charge < -0.3 is 10.9 Å². The molecule has 0 aliphatic rings. The van der Waals surface area contributed by atoms with Gasteiger partial charge in [0.25, 0.3) is 10.0 Å². The smallest absolute Gasteiger partial charge is 0.264 e. The largest absolute Gasteiger partial charge is 0.409 e. The van der Waals surface area contributed by atoms with Gasteiger partial charge in [0.1, 0.15) is 10.7 Å². The van der Waals surface area contributed by atoms with Crippen molar-refractivity contribution in [2.45, 2.75) is 4.90 Å². The lowest BCUT2D eigenvalue weighted by molar-refractivity contribution is 0.318. The molecule has 2 heterocycles. The van der Waals surface area contributed by atoms with E-state index in [-0.39, 0.29) is 22.1 Å². The van der Waals surface area contributed by atoms with Crippen LogP contribution in [-0.4, -0.2) is 34.2 Å². The van der Waals surface area contributed by atoms with Crippen LogP contribution in [0.1, 0.15) is 5.56 Å². The Kier molecular flexibility index (Phi) is 3.57. The summed E-state index contributed by atoms with van der Waals surface area (Å²) in [5.41, 5.74) is 5.63. The van der Waals surface area contributed by atoms with E-state index in [1.165, 1.54) is 42.5 Å². The van der Waals surface area contributed by atoms with Crippen LogP contribution in [0.2, 0.25) is 0 Å². The average Bonchev–Trinajstić information content (AvgIpc) is 2.80. The molecule has 0 atom stereocenters. The Labute approximate surface area is 114 Å². The van der Waals surface area contributed by atoms with Crippen LogP contribution in [0.5, 0.6) is 0 Å². The highest BCUT2D eigenvalue weighted by Crippen LogP contribution is 2.18. The zero-order chi connectivity index (χ0) is 14.8. The standard InChI is InChI=1S/C10H12N6O3S/c1-16-10(8(6-13-16)9(11)14-17)15-20(18,19)7-3-2-4-12-5-7/h2-6,15,17H,1H3,(H2,11,14). The number of nitrogens with two attached hydrogens (primary N) is 1. The van der Waals surface area contributed by atoms with Gasteiger partial charge in [0.05, 0.1) is 11.8 Å². The molecule has 0 unspecified atom stereocenters. The number of anilines is 1. The quantitative estimate of drug-likeness (QED) is 0.307. The van der Waals surface area contributed by atoms with Crippen molar-refractivity contribution in [1.82, 2.24) is 14.8 Å².